The molecule has 1 aromatic rings. The minimum Gasteiger partial charge on any atom is -0.378 e. The molecule has 18 heavy (non-hydrogen) atoms. The molecule has 2 heterocycles. The van der Waals surface area contributed by atoms with Crippen molar-refractivity contribution in [3.05, 3.63) is 12.4 Å². The monoisotopic (exact) mass is 267 g/mol. The summed E-state index contributed by atoms with van der Waals surface area (Å²) in [4.78, 5) is 10.9. The van der Waals surface area contributed by atoms with Crippen LogP contribution in [0.5, 0.6) is 0 Å². The van der Waals surface area contributed by atoms with E-state index >= 15 is 0 Å². The summed E-state index contributed by atoms with van der Waals surface area (Å²) < 4.78 is 5.35. The van der Waals surface area contributed by atoms with Crippen LogP contribution in [0.3, 0.4) is 0 Å². The van der Waals surface area contributed by atoms with E-state index in [0.717, 1.165) is 48.8 Å². The molecule has 5 heteroatoms. The van der Waals surface area contributed by atoms with Gasteiger partial charge in [0.2, 0.25) is 0 Å². The van der Waals surface area contributed by atoms with Crippen LogP contribution < -0.4 is 4.90 Å². The fourth-order valence-corrected chi connectivity index (χ4v) is 2.88. The summed E-state index contributed by atoms with van der Waals surface area (Å²) in [5, 5.41) is 1.08. The molecule has 0 aliphatic carbocycles. The largest absolute Gasteiger partial charge is 0.378 e. The highest BCUT2D eigenvalue weighted by Crippen LogP contribution is 2.22. The number of ether oxygens (including phenoxy) is 1. The van der Waals surface area contributed by atoms with Crippen LogP contribution in [0.25, 0.3) is 0 Å². The second kappa shape index (κ2) is 6.95. The second-order valence-electron chi connectivity index (χ2n) is 4.84. The summed E-state index contributed by atoms with van der Waals surface area (Å²) in [6.07, 6.45) is 2.89. The summed E-state index contributed by atoms with van der Waals surface area (Å²) in [6, 6.07) is 2.09. The summed E-state index contributed by atoms with van der Waals surface area (Å²) in [5.74, 6) is 2.90. The van der Waals surface area contributed by atoms with E-state index in [1.165, 1.54) is 6.42 Å². The van der Waals surface area contributed by atoms with Crippen LogP contribution in [-0.4, -0.2) is 42.0 Å². The van der Waals surface area contributed by atoms with E-state index in [2.05, 4.69) is 34.8 Å². The number of nitrogens with zero attached hydrogens (tertiary/aromatic N) is 3. The minimum atomic E-state index is 0.748. The van der Waals surface area contributed by atoms with Crippen molar-refractivity contribution in [1.29, 1.82) is 0 Å². The first-order valence-corrected chi connectivity index (χ1v) is 7.52. The van der Waals surface area contributed by atoms with Gasteiger partial charge in [-0.1, -0.05) is 13.8 Å². The molecule has 100 valence electrons. The number of anilines is 1. The zero-order valence-corrected chi connectivity index (χ0v) is 11.9. The van der Waals surface area contributed by atoms with Gasteiger partial charge in [-0.05, 0) is 18.1 Å². The maximum Gasteiger partial charge on any atom is 0.133 e. The average molecular weight is 267 g/mol. The van der Waals surface area contributed by atoms with E-state index < -0.39 is 0 Å². The van der Waals surface area contributed by atoms with Crippen molar-refractivity contribution in [3.63, 3.8) is 0 Å². The highest BCUT2D eigenvalue weighted by molar-refractivity contribution is 7.99. The Bertz CT molecular complexity index is 367. The van der Waals surface area contributed by atoms with Gasteiger partial charge in [-0.3, -0.25) is 0 Å². The average Bonchev–Trinajstić information content (AvgIpc) is 2.40. The van der Waals surface area contributed by atoms with Gasteiger partial charge >= 0.3 is 0 Å². The van der Waals surface area contributed by atoms with Gasteiger partial charge in [-0.2, -0.15) is 0 Å². The molecule has 1 saturated heterocycles. The lowest BCUT2D eigenvalue weighted by Gasteiger charge is -2.27. The van der Waals surface area contributed by atoms with Gasteiger partial charge in [0.25, 0.3) is 0 Å². The number of thioether (sulfide) groups is 1. The molecular formula is C13H21N3OS. The molecule has 1 aliphatic rings. The molecule has 0 aromatic carbocycles. The third-order valence-corrected chi connectivity index (χ3v) is 3.87. The van der Waals surface area contributed by atoms with E-state index in [-0.39, 0.29) is 0 Å². The van der Waals surface area contributed by atoms with Crippen molar-refractivity contribution >= 4 is 17.6 Å². The van der Waals surface area contributed by atoms with Crippen molar-refractivity contribution in [2.75, 3.05) is 37.0 Å². The molecule has 0 atom stereocenters. The first kappa shape index (κ1) is 13.6. The first-order valence-electron chi connectivity index (χ1n) is 6.53. The fraction of sp³-hybridized carbons (Fsp3) is 0.692. The molecule has 0 amide bonds. The Balaban J connectivity index is 1.91. The Morgan fingerprint density at radius 2 is 2.11 bits per heavy atom. The molecule has 0 bridgehead atoms. The number of morpholine rings is 1. The lowest BCUT2D eigenvalue weighted by Crippen LogP contribution is -2.36. The van der Waals surface area contributed by atoms with Crippen molar-refractivity contribution in [2.24, 2.45) is 5.92 Å². The van der Waals surface area contributed by atoms with Gasteiger partial charge in [0.05, 0.1) is 13.2 Å². The van der Waals surface area contributed by atoms with Crippen molar-refractivity contribution < 1.29 is 4.74 Å². The zero-order valence-electron chi connectivity index (χ0n) is 11.1. The van der Waals surface area contributed by atoms with Gasteiger partial charge in [-0.25, -0.2) is 9.97 Å². The Labute approximate surface area is 113 Å². The Hall–Kier alpha value is -0.810. The van der Waals surface area contributed by atoms with Gasteiger partial charge < -0.3 is 9.64 Å². The predicted octanol–water partition coefficient (Wildman–Crippen LogP) is 2.45. The SMILES string of the molecule is CC(C)CCSc1cc(N2CCOCC2)ncn1. The van der Waals surface area contributed by atoms with Gasteiger partial charge in [0.15, 0.2) is 0 Å². The number of hydrogen-bond acceptors (Lipinski definition) is 5. The summed E-state index contributed by atoms with van der Waals surface area (Å²) in [7, 11) is 0. The zero-order chi connectivity index (χ0) is 12.8. The highest BCUT2D eigenvalue weighted by atomic mass is 32.2. The maximum absolute atomic E-state index is 5.35. The fourth-order valence-electron chi connectivity index (χ4n) is 1.77. The lowest BCUT2D eigenvalue weighted by atomic mass is 10.2. The van der Waals surface area contributed by atoms with E-state index in [0.29, 0.717) is 0 Å². The van der Waals surface area contributed by atoms with E-state index in [9.17, 15) is 0 Å². The molecule has 0 spiro atoms. The maximum atomic E-state index is 5.35. The van der Waals surface area contributed by atoms with Crippen molar-refractivity contribution in [2.45, 2.75) is 25.3 Å². The molecule has 1 aliphatic heterocycles. The van der Waals surface area contributed by atoms with Crippen LogP contribution in [-0.2, 0) is 4.74 Å². The molecular weight excluding hydrogens is 246 g/mol. The van der Waals surface area contributed by atoms with Gasteiger partial charge in [0, 0.05) is 19.2 Å². The minimum absolute atomic E-state index is 0.748. The molecule has 4 nitrogen and oxygen atoms in total. The topological polar surface area (TPSA) is 38.2 Å². The summed E-state index contributed by atoms with van der Waals surface area (Å²) in [5.41, 5.74) is 0. The normalized spacial score (nSPS) is 16.3. The van der Waals surface area contributed by atoms with Crippen LogP contribution in [0, 0.1) is 5.92 Å². The third-order valence-electron chi connectivity index (χ3n) is 2.91. The summed E-state index contributed by atoms with van der Waals surface area (Å²) >= 11 is 1.82. The van der Waals surface area contributed by atoms with Crippen LogP contribution in [0.1, 0.15) is 20.3 Å². The Morgan fingerprint density at radius 3 is 2.83 bits per heavy atom. The van der Waals surface area contributed by atoms with Gasteiger partial charge in [0.1, 0.15) is 17.2 Å². The lowest BCUT2D eigenvalue weighted by molar-refractivity contribution is 0.122. The smallest absolute Gasteiger partial charge is 0.133 e. The Kier molecular flexibility index (Phi) is 5.26. The standard InChI is InChI=1S/C13H21N3OS/c1-11(2)3-8-18-13-9-12(14-10-15-13)16-4-6-17-7-5-16/h9-11H,3-8H2,1-2H3. The van der Waals surface area contributed by atoms with E-state index in [1.54, 1.807) is 6.33 Å². The van der Waals surface area contributed by atoms with Crippen LogP contribution >= 0.6 is 11.8 Å². The number of rotatable bonds is 5. The molecule has 0 saturated carbocycles. The highest BCUT2D eigenvalue weighted by Gasteiger charge is 2.13. The first-order chi connectivity index (χ1) is 8.75. The van der Waals surface area contributed by atoms with Crippen LogP contribution in [0.4, 0.5) is 5.82 Å². The molecule has 1 aromatic heterocycles. The molecule has 0 unspecified atom stereocenters. The van der Waals surface area contributed by atoms with Crippen molar-refractivity contribution in [3.8, 4) is 0 Å². The number of hydrogen-bond donors (Lipinski definition) is 0. The van der Waals surface area contributed by atoms with Crippen molar-refractivity contribution in [1.82, 2.24) is 9.97 Å². The third kappa shape index (κ3) is 4.14. The quantitative estimate of drug-likeness (QED) is 0.605. The van der Waals surface area contributed by atoms with Crippen LogP contribution in [0.15, 0.2) is 17.4 Å². The van der Waals surface area contributed by atoms with Gasteiger partial charge in [-0.15, -0.1) is 11.8 Å². The van der Waals surface area contributed by atoms with E-state index in [4.69, 9.17) is 4.74 Å². The Morgan fingerprint density at radius 1 is 1.33 bits per heavy atom. The predicted molar refractivity (Wildman–Crippen MR) is 75.2 cm³/mol. The molecule has 0 N–H and O–H groups in total. The summed E-state index contributed by atoms with van der Waals surface area (Å²) in [6.45, 7) is 7.93. The number of aromatic nitrogens is 2. The second-order valence-corrected chi connectivity index (χ2v) is 5.96. The van der Waals surface area contributed by atoms with Crippen LogP contribution in [0.2, 0.25) is 0 Å². The molecule has 0 radical (unpaired) electrons. The molecule has 2 rings (SSSR count). The van der Waals surface area contributed by atoms with E-state index in [1.807, 2.05) is 11.8 Å². The molecule has 1 fully saturated rings.